The van der Waals surface area contributed by atoms with Gasteiger partial charge in [0.1, 0.15) is 11.6 Å². The van der Waals surface area contributed by atoms with Crippen LogP contribution in [-0.2, 0) is 9.59 Å². The normalized spacial score (nSPS) is 10.5. The smallest absolute Gasteiger partial charge is 0.262 e. The minimum absolute atomic E-state index is 0.0472. The van der Waals surface area contributed by atoms with E-state index in [0.29, 0.717) is 17.8 Å². The number of hydrogen-bond acceptors (Lipinski definition) is 4. The zero-order valence-corrected chi connectivity index (χ0v) is 18.9. The van der Waals surface area contributed by atoms with Crippen LogP contribution in [0.3, 0.4) is 0 Å². The summed E-state index contributed by atoms with van der Waals surface area (Å²) in [5.41, 5.74) is 1.44. The molecule has 0 atom stereocenters. The third kappa shape index (κ3) is 7.16. The number of rotatable bonds is 9. The van der Waals surface area contributed by atoms with Crippen LogP contribution in [0.25, 0.3) is 0 Å². The van der Waals surface area contributed by atoms with Crippen molar-refractivity contribution in [3.63, 3.8) is 0 Å². The van der Waals surface area contributed by atoms with Gasteiger partial charge >= 0.3 is 0 Å². The Hall–Kier alpha value is -4.20. The number of carbonyl (C=O) groups excluding carboxylic acids is 3. The van der Waals surface area contributed by atoms with Gasteiger partial charge in [0.2, 0.25) is 5.91 Å². The van der Waals surface area contributed by atoms with E-state index >= 15 is 0 Å². The van der Waals surface area contributed by atoms with Crippen LogP contribution in [0.1, 0.15) is 30.6 Å². The quantitative estimate of drug-likeness (QED) is 0.412. The number of amides is 3. The second-order valence-electron chi connectivity index (χ2n) is 7.99. The van der Waals surface area contributed by atoms with Crippen molar-refractivity contribution in [2.24, 2.45) is 5.92 Å². The van der Waals surface area contributed by atoms with E-state index in [4.69, 9.17) is 4.74 Å². The van der Waals surface area contributed by atoms with Crippen molar-refractivity contribution in [1.29, 1.82) is 0 Å². The largest absolute Gasteiger partial charge is 0.483 e. The van der Waals surface area contributed by atoms with Crippen LogP contribution in [0.4, 0.5) is 21.5 Å². The van der Waals surface area contributed by atoms with E-state index in [2.05, 4.69) is 16.0 Å². The van der Waals surface area contributed by atoms with Crippen molar-refractivity contribution in [2.45, 2.75) is 20.3 Å². The van der Waals surface area contributed by atoms with Gasteiger partial charge in [0.25, 0.3) is 11.8 Å². The van der Waals surface area contributed by atoms with Gasteiger partial charge in [0, 0.05) is 17.8 Å². The molecule has 0 aliphatic carbocycles. The molecule has 34 heavy (non-hydrogen) atoms. The Kier molecular flexibility index (Phi) is 8.34. The van der Waals surface area contributed by atoms with Crippen LogP contribution >= 0.6 is 0 Å². The molecule has 0 bridgehead atoms. The number of para-hydroxylation sites is 2. The highest BCUT2D eigenvalue weighted by molar-refractivity contribution is 6.06. The lowest BCUT2D eigenvalue weighted by atomic mass is 10.1. The molecule has 3 N–H and O–H groups in total. The Morgan fingerprint density at radius 2 is 1.41 bits per heavy atom. The lowest BCUT2D eigenvalue weighted by Gasteiger charge is -2.13. The summed E-state index contributed by atoms with van der Waals surface area (Å²) >= 11 is 0. The summed E-state index contributed by atoms with van der Waals surface area (Å²) in [6.45, 7) is 3.54. The average Bonchev–Trinajstić information content (AvgIpc) is 2.80. The molecule has 0 spiro atoms. The number of nitrogens with one attached hydrogen (secondary N) is 3. The molecule has 3 aromatic rings. The molecule has 0 aliphatic heterocycles. The van der Waals surface area contributed by atoms with Gasteiger partial charge in [-0.3, -0.25) is 14.4 Å². The van der Waals surface area contributed by atoms with E-state index in [9.17, 15) is 18.8 Å². The van der Waals surface area contributed by atoms with Gasteiger partial charge in [0.05, 0.1) is 11.3 Å². The Balaban J connectivity index is 1.59. The summed E-state index contributed by atoms with van der Waals surface area (Å²) in [6, 6.07) is 19.0. The van der Waals surface area contributed by atoms with Crippen LogP contribution in [0.15, 0.2) is 72.8 Å². The van der Waals surface area contributed by atoms with Crippen molar-refractivity contribution in [1.82, 2.24) is 0 Å². The Bertz CT molecular complexity index is 1160. The molecular weight excluding hydrogens is 437 g/mol. The van der Waals surface area contributed by atoms with E-state index in [0.717, 1.165) is 0 Å². The van der Waals surface area contributed by atoms with Crippen LogP contribution in [0.5, 0.6) is 5.75 Å². The lowest BCUT2D eigenvalue weighted by Crippen LogP contribution is -2.22. The van der Waals surface area contributed by atoms with E-state index in [1.165, 1.54) is 18.2 Å². The Morgan fingerprint density at radius 3 is 2.09 bits per heavy atom. The van der Waals surface area contributed by atoms with Gasteiger partial charge in [-0.15, -0.1) is 0 Å². The zero-order valence-electron chi connectivity index (χ0n) is 18.9. The van der Waals surface area contributed by atoms with Crippen LogP contribution in [0.2, 0.25) is 0 Å². The molecule has 0 aliphatic rings. The average molecular weight is 464 g/mol. The highest BCUT2D eigenvalue weighted by atomic mass is 19.1. The predicted molar refractivity (Wildman–Crippen MR) is 129 cm³/mol. The first-order chi connectivity index (χ1) is 16.3. The van der Waals surface area contributed by atoms with Gasteiger partial charge in [-0.1, -0.05) is 38.1 Å². The number of anilines is 3. The van der Waals surface area contributed by atoms with Gasteiger partial charge in [-0.25, -0.2) is 4.39 Å². The number of carbonyl (C=O) groups is 3. The number of ether oxygens (including phenoxy) is 1. The fourth-order valence-corrected chi connectivity index (χ4v) is 3.09. The first-order valence-electron chi connectivity index (χ1n) is 10.8. The molecule has 0 fully saturated rings. The molecule has 0 aromatic heterocycles. The maximum atomic E-state index is 13.7. The van der Waals surface area contributed by atoms with Crippen molar-refractivity contribution < 1.29 is 23.5 Å². The molecule has 3 rings (SSSR count). The highest BCUT2D eigenvalue weighted by Gasteiger charge is 2.15. The van der Waals surface area contributed by atoms with Crippen LogP contribution < -0.4 is 20.7 Å². The first kappa shape index (κ1) is 24.4. The Labute approximate surface area is 197 Å². The van der Waals surface area contributed by atoms with Crippen LogP contribution in [-0.4, -0.2) is 24.3 Å². The number of hydrogen-bond donors (Lipinski definition) is 3. The first-order valence-corrected chi connectivity index (χ1v) is 10.8. The maximum absolute atomic E-state index is 13.7. The molecule has 0 unspecified atom stereocenters. The lowest BCUT2D eigenvalue weighted by molar-refractivity contribution is -0.118. The molecule has 0 saturated carbocycles. The minimum Gasteiger partial charge on any atom is -0.483 e. The van der Waals surface area contributed by atoms with Crippen LogP contribution in [0, 0.1) is 11.7 Å². The van der Waals surface area contributed by atoms with Gasteiger partial charge in [-0.05, 0) is 54.4 Å². The molecular formula is C26H26FN3O4. The molecule has 0 saturated heterocycles. The standard InChI is InChI=1S/C26H26FN3O4/c1-17(2)15-24(31)28-18-11-13-19(14-12-18)29-26(33)20-7-3-6-10-23(20)34-16-25(32)30-22-9-5-4-8-21(22)27/h3-14,17H,15-16H2,1-2H3,(H,28,31)(H,29,33)(H,30,32). The van der Waals surface area contributed by atoms with Crippen molar-refractivity contribution >= 4 is 34.8 Å². The zero-order chi connectivity index (χ0) is 24.5. The fourth-order valence-electron chi connectivity index (χ4n) is 3.09. The fraction of sp³-hybridized carbons (Fsp3) is 0.192. The molecule has 7 nitrogen and oxygen atoms in total. The van der Waals surface area contributed by atoms with Crippen molar-refractivity contribution in [3.05, 3.63) is 84.2 Å². The van der Waals surface area contributed by atoms with E-state index < -0.39 is 24.2 Å². The molecule has 0 heterocycles. The summed E-state index contributed by atoms with van der Waals surface area (Å²) in [5.74, 6) is -1.15. The Morgan fingerprint density at radius 1 is 0.794 bits per heavy atom. The van der Waals surface area contributed by atoms with Crippen molar-refractivity contribution in [3.8, 4) is 5.75 Å². The maximum Gasteiger partial charge on any atom is 0.262 e. The molecule has 3 aromatic carbocycles. The number of benzene rings is 3. The topological polar surface area (TPSA) is 96.5 Å². The second-order valence-corrected chi connectivity index (χ2v) is 7.99. The summed E-state index contributed by atoms with van der Waals surface area (Å²) < 4.78 is 19.2. The van der Waals surface area contributed by atoms with Gasteiger partial charge < -0.3 is 20.7 Å². The highest BCUT2D eigenvalue weighted by Crippen LogP contribution is 2.21. The van der Waals surface area contributed by atoms with Crippen molar-refractivity contribution in [2.75, 3.05) is 22.6 Å². The van der Waals surface area contributed by atoms with E-state index in [1.807, 2.05) is 13.8 Å². The summed E-state index contributed by atoms with van der Waals surface area (Å²) in [4.78, 5) is 36.8. The number of halogens is 1. The summed E-state index contributed by atoms with van der Waals surface area (Å²) in [6.07, 6.45) is 0.424. The monoisotopic (exact) mass is 463 g/mol. The van der Waals surface area contributed by atoms with Gasteiger partial charge in [-0.2, -0.15) is 0 Å². The predicted octanol–water partition coefficient (Wildman–Crippen LogP) is 5.08. The summed E-state index contributed by atoms with van der Waals surface area (Å²) in [5, 5.41) is 8.00. The third-order valence-electron chi connectivity index (χ3n) is 4.66. The van der Waals surface area contributed by atoms with Gasteiger partial charge in [0.15, 0.2) is 6.61 Å². The SMILES string of the molecule is CC(C)CC(=O)Nc1ccc(NC(=O)c2ccccc2OCC(=O)Nc2ccccc2F)cc1. The molecule has 176 valence electrons. The molecule has 3 amide bonds. The van der Waals surface area contributed by atoms with E-state index in [-0.39, 0.29) is 28.8 Å². The summed E-state index contributed by atoms with van der Waals surface area (Å²) in [7, 11) is 0. The van der Waals surface area contributed by atoms with E-state index in [1.54, 1.807) is 54.6 Å². The minimum atomic E-state index is -0.560. The molecule has 8 heteroatoms. The molecule has 0 radical (unpaired) electrons. The second kappa shape index (κ2) is 11.6. The third-order valence-corrected chi connectivity index (χ3v) is 4.66.